The molecule has 1 N–H and O–H groups in total. The molecule has 0 atom stereocenters. The van der Waals surface area contributed by atoms with E-state index in [1.54, 1.807) is 0 Å². The van der Waals surface area contributed by atoms with Gasteiger partial charge in [-0.15, -0.1) is 0 Å². The number of ether oxygens (including phenoxy) is 1. The Morgan fingerprint density at radius 1 is 0.903 bits per heavy atom. The van der Waals surface area contributed by atoms with E-state index in [1.165, 1.54) is 0 Å². The van der Waals surface area contributed by atoms with Gasteiger partial charge in [-0.2, -0.15) is 0 Å². The van der Waals surface area contributed by atoms with E-state index in [2.05, 4.69) is 5.32 Å². The molecule has 0 aromatic heterocycles. The van der Waals surface area contributed by atoms with Crippen LogP contribution in [0.3, 0.4) is 0 Å². The van der Waals surface area contributed by atoms with Crippen molar-refractivity contribution in [3.8, 4) is 11.5 Å². The molecular formula is C26H22N2O3. The summed E-state index contributed by atoms with van der Waals surface area (Å²) in [6.07, 6.45) is 3.14. The van der Waals surface area contributed by atoms with Crippen molar-refractivity contribution in [1.82, 2.24) is 0 Å². The van der Waals surface area contributed by atoms with E-state index in [-0.39, 0.29) is 11.8 Å². The second-order valence-corrected chi connectivity index (χ2v) is 8.39. The van der Waals surface area contributed by atoms with Gasteiger partial charge in [-0.05, 0) is 54.7 Å². The molecule has 5 nitrogen and oxygen atoms in total. The number of anilines is 2. The van der Waals surface area contributed by atoms with Crippen LogP contribution in [0.4, 0.5) is 11.4 Å². The second kappa shape index (κ2) is 6.98. The molecule has 3 aliphatic rings. The van der Waals surface area contributed by atoms with Crippen LogP contribution in [-0.2, 0) is 22.4 Å². The minimum atomic E-state index is -0.438. The second-order valence-electron chi connectivity index (χ2n) is 8.39. The highest BCUT2D eigenvalue weighted by Gasteiger charge is 2.34. The van der Waals surface area contributed by atoms with Crippen LogP contribution in [-0.4, -0.2) is 18.4 Å². The number of nitrogens with one attached hydrogen (secondary N) is 1. The maximum atomic E-state index is 13.6. The minimum absolute atomic E-state index is 0.0742. The average Bonchev–Trinajstić information content (AvgIpc) is 2.79. The van der Waals surface area contributed by atoms with E-state index in [1.807, 2.05) is 65.6 Å². The van der Waals surface area contributed by atoms with E-state index in [9.17, 15) is 9.59 Å². The standard InChI is InChI=1S/C26H22N2O3/c29-23-12-11-17-15-18(14-16-6-5-13-28(23)25(16)17)27-26(30)24-19-7-1-3-9-21(19)31-22-10-4-2-8-20(22)24/h1-4,7-10,14-15,24H,5-6,11-13H2,(H,27,30). The Kier molecular flexibility index (Phi) is 4.10. The number of benzene rings is 3. The zero-order valence-corrected chi connectivity index (χ0v) is 17.1. The van der Waals surface area contributed by atoms with Crippen molar-refractivity contribution < 1.29 is 14.3 Å². The summed E-state index contributed by atoms with van der Waals surface area (Å²) in [7, 11) is 0. The van der Waals surface area contributed by atoms with Crippen molar-refractivity contribution >= 4 is 23.2 Å². The average molecular weight is 410 g/mol. The molecule has 2 amide bonds. The van der Waals surface area contributed by atoms with Crippen LogP contribution in [0.25, 0.3) is 0 Å². The van der Waals surface area contributed by atoms with Gasteiger partial charge in [-0.25, -0.2) is 0 Å². The van der Waals surface area contributed by atoms with Crippen LogP contribution in [0.5, 0.6) is 11.5 Å². The maximum Gasteiger partial charge on any atom is 0.236 e. The molecule has 3 aromatic carbocycles. The van der Waals surface area contributed by atoms with Crippen LogP contribution in [0.2, 0.25) is 0 Å². The third kappa shape index (κ3) is 2.92. The summed E-state index contributed by atoms with van der Waals surface area (Å²) in [5.41, 5.74) is 5.92. The van der Waals surface area contributed by atoms with Gasteiger partial charge in [0.15, 0.2) is 0 Å². The first kappa shape index (κ1) is 18.2. The lowest BCUT2D eigenvalue weighted by Gasteiger charge is -2.35. The Morgan fingerprint density at radius 3 is 2.26 bits per heavy atom. The fourth-order valence-electron chi connectivity index (χ4n) is 5.13. The molecule has 3 aliphatic heterocycles. The number of carbonyl (C=O) groups excluding carboxylic acids is 2. The molecule has 0 saturated carbocycles. The largest absolute Gasteiger partial charge is 0.457 e. The van der Waals surface area contributed by atoms with Gasteiger partial charge in [-0.3, -0.25) is 9.59 Å². The number of amides is 2. The number of rotatable bonds is 2. The van der Waals surface area contributed by atoms with E-state index in [0.717, 1.165) is 70.9 Å². The maximum absolute atomic E-state index is 13.6. The topological polar surface area (TPSA) is 58.6 Å². The number of para-hydroxylation sites is 2. The Labute approximate surface area is 180 Å². The monoisotopic (exact) mass is 410 g/mol. The molecule has 3 heterocycles. The van der Waals surface area contributed by atoms with E-state index in [0.29, 0.717) is 6.42 Å². The molecule has 0 spiro atoms. The summed E-state index contributed by atoms with van der Waals surface area (Å²) in [6, 6.07) is 19.5. The molecule has 5 heteroatoms. The minimum Gasteiger partial charge on any atom is -0.457 e. The molecule has 0 bridgehead atoms. The molecule has 0 saturated heterocycles. The molecule has 0 unspecified atom stereocenters. The zero-order chi connectivity index (χ0) is 20.9. The van der Waals surface area contributed by atoms with Gasteiger partial charge < -0.3 is 15.0 Å². The summed E-state index contributed by atoms with van der Waals surface area (Å²) in [5, 5.41) is 3.17. The van der Waals surface area contributed by atoms with Crippen molar-refractivity contribution in [3.05, 3.63) is 82.9 Å². The summed E-state index contributed by atoms with van der Waals surface area (Å²) in [4.78, 5) is 27.8. The fourth-order valence-corrected chi connectivity index (χ4v) is 5.13. The number of aryl methyl sites for hydroxylation is 2. The highest BCUT2D eigenvalue weighted by atomic mass is 16.5. The quantitative estimate of drug-likeness (QED) is 0.661. The highest BCUT2D eigenvalue weighted by Crippen LogP contribution is 2.45. The van der Waals surface area contributed by atoms with Crippen molar-refractivity contribution in [2.75, 3.05) is 16.8 Å². The van der Waals surface area contributed by atoms with Gasteiger partial charge in [0, 0.05) is 29.8 Å². The van der Waals surface area contributed by atoms with Gasteiger partial charge in [0.25, 0.3) is 0 Å². The van der Waals surface area contributed by atoms with Crippen LogP contribution >= 0.6 is 0 Å². The molecular weight excluding hydrogens is 388 g/mol. The molecule has 0 fully saturated rings. The Bertz CT molecular complexity index is 1170. The molecule has 3 aromatic rings. The molecule has 0 aliphatic carbocycles. The Hall–Kier alpha value is -3.60. The Balaban J connectivity index is 1.38. The first-order valence-electron chi connectivity index (χ1n) is 10.8. The van der Waals surface area contributed by atoms with Crippen LogP contribution < -0.4 is 15.0 Å². The van der Waals surface area contributed by atoms with Gasteiger partial charge >= 0.3 is 0 Å². The number of hydrogen-bond acceptors (Lipinski definition) is 3. The first-order valence-corrected chi connectivity index (χ1v) is 10.8. The predicted octanol–water partition coefficient (Wildman–Crippen LogP) is 4.79. The lowest BCUT2D eigenvalue weighted by atomic mass is 9.87. The van der Waals surface area contributed by atoms with Crippen LogP contribution in [0.1, 0.15) is 41.0 Å². The number of fused-ring (bicyclic) bond motifs is 2. The van der Waals surface area contributed by atoms with E-state index in [4.69, 9.17) is 4.74 Å². The number of hydrogen-bond donors (Lipinski definition) is 1. The van der Waals surface area contributed by atoms with Crippen LogP contribution in [0, 0.1) is 0 Å². The normalized spacial score (nSPS) is 16.6. The first-order chi connectivity index (χ1) is 15.2. The van der Waals surface area contributed by atoms with Gasteiger partial charge in [0.1, 0.15) is 11.5 Å². The van der Waals surface area contributed by atoms with E-state index >= 15 is 0 Å². The summed E-state index contributed by atoms with van der Waals surface area (Å²) >= 11 is 0. The summed E-state index contributed by atoms with van der Waals surface area (Å²) in [6.45, 7) is 0.792. The lowest BCUT2D eigenvalue weighted by Crippen LogP contribution is -2.39. The van der Waals surface area contributed by atoms with E-state index < -0.39 is 5.92 Å². The third-order valence-corrected chi connectivity index (χ3v) is 6.48. The number of carbonyl (C=O) groups is 2. The van der Waals surface area contributed by atoms with Crippen molar-refractivity contribution in [2.45, 2.75) is 31.6 Å². The third-order valence-electron chi connectivity index (χ3n) is 6.48. The predicted molar refractivity (Wildman–Crippen MR) is 119 cm³/mol. The smallest absolute Gasteiger partial charge is 0.236 e. The molecule has 31 heavy (non-hydrogen) atoms. The van der Waals surface area contributed by atoms with Gasteiger partial charge in [0.2, 0.25) is 11.8 Å². The number of nitrogens with zero attached hydrogens (tertiary/aromatic N) is 1. The molecule has 6 rings (SSSR count). The zero-order valence-electron chi connectivity index (χ0n) is 17.1. The van der Waals surface area contributed by atoms with Crippen molar-refractivity contribution in [1.29, 1.82) is 0 Å². The molecule has 154 valence electrons. The summed E-state index contributed by atoms with van der Waals surface area (Å²) < 4.78 is 6.03. The van der Waals surface area contributed by atoms with Crippen molar-refractivity contribution in [2.24, 2.45) is 0 Å². The fraction of sp³-hybridized carbons (Fsp3) is 0.231. The van der Waals surface area contributed by atoms with Gasteiger partial charge in [0.05, 0.1) is 11.6 Å². The SMILES string of the molecule is O=C(Nc1cc2c3c(c1)CCC(=O)N3CCC2)C1c2ccccc2Oc2ccccc21. The van der Waals surface area contributed by atoms with Gasteiger partial charge in [-0.1, -0.05) is 36.4 Å². The summed E-state index contributed by atoms with van der Waals surface area (Å²) in [5.74, 6) is 1.13. The molecule has 0 radical (unpaired) electrons. The van der Waals surface area contributed by atoms with Crippen LogP contribution in [0.15, 0.2) is 60.7 Å². The lowest BCUT2D eigenvalue weighted by molar-refractivity contribution is -0.119. The van der Waals surface area contributed by atoms with Crippen molar-refractivity contribution in [3.63, 3.8) is 0 Å². The Morgan fingerprint density at radius 2 is 1.55 bits per heavy atom. The highest BCUT2D eigenvalue weighted by molar-refractivity contribution is 6.01.